The highest BCUT2D eigenvalue weighted by atomic mass is 16.5. The minimum absolute atomic E-state index is 0.608. The minimum Gasteiger partial charge on any atom is -0.397 e. The van der Waals surface area contributed by atoms with Crippen LogP contribution in [0.15, 0.2) is 18.2 Å². The first-order valence-corrected chi connectivity index (χ1v) is 5.70. The van der Waals surface area contributed by atoms with Crippen molar-refractivity contribution in [2.24, 2.45) is 0 Å². The van der Waals surface area contributed by atoms with Crippen LogP contribution in [-0.2, 0) is 4.74 Å². The molecule has 1 aromatic rings. The number of unbranched alkanes of at least 4 members (excludes halogenated alkanes) is 1. The second-order valence-electron chi connectivity index (χ2n) is 3.74. The number of rotatable bonds is 7. The average molecular weight is 223 g/mol. The van der Waals surface area contributed by atoms with Crippen LogP contribution in [0, 0.1) is 0 Å². The molecule has 1 rings (SSSR count). The lowest BCUT2D eigenvalue weighted by Crippen LogP contribution is -2.10. The first-order valence-electron chi connectivity index (χ1n) is 5.70. The topological polar surface area (TPSA) is 73.3 Å². The van der Waals surface area contributed by atoms with E-state index in [1.165, 1.54) is 6.42 Å². The summed E-state index contributed by atoms with van der Waals surface area (Å²) < 4.78 is 5.43. The summed E-state index contributed by atoms with van der Waals surface area (Å²) in [5, 5.41) is 3.23. The van der Waals surface area contributed by atoms with Gasteiger partial charge in [0.05, 0.1) is 18.0 Å². The van der Waals surface area contributed by atoms with Crippen LogP contribution < -0.4 is 16.8 Å². The third-order valence-electron chi connectivity index (χ3n) is 2.30. The quantitative estimate of drug-likeness (QED) is 0.489. The summed E-state index contributed by atoms with van der Waals surface area (Å²) in [4.78, 5) is 0. The molecule has 0 radical (unpaired) electrons. The van der Waals surface area contributed by atoms with Crippen molar-refractivity contribution in [2.45, 2.75) is 19.8 Å². The molecular formula is C12H21N3O. The zero-order chi connectivity index (χ0) is 11.8. The fraction of sp³-hybridized carbons (Fsp3) is 0.500. The summed E-state index contributed by atoms with van der Waals surface area (Å²) in [5.74, 6) is 0. The van der Waals surface area contributed by atoms with Gasteiger partial charge in [0.1, 0.15) is 0 Å². The Labute approximate surface area is 97.0 Å². The van der Waals surface area contributed by atoms with Gasteiger partial charge in [0.25, 0.3) is 0 Å². The average Bonchev–Trinajstić information content (AvgIpc) is 2.28. The molecule has 0 heterocycles. The van der Waals surface area contributed by atoms with Crippen LogP contribution in [0.2, 0.25) is 0 Å². The fourth-order valence-corrected chi connectivity index (χ4v) is 1.30. The molecule has 0 saturated carbocycles. The lowest BCUT2D eigenvalue weighted by atomic mass is 10.2. The molecule has 0 unspecified atom stereocenters. The summed E-state index contributed by atoms with van der Waals surface area (Å²) in [6.45, 7) is 4.48. The maximum atomic E-state index is 5.69. The van der Waals surface area contributed by atoms with Gasteiger partial charge in [-0.05, 0) is 24.6 Å². The van der Waals surface area contributed by atoms with Crippen molar-refractivity contribution in [3.63, 3.8) is 0 Å². The molecule has 0 aliphatic heterocycles. The van der Waals surface area contributed by atoms with Gasteiger partial charge in [-0.25, -0.2) is 0 Å². The molecule has 0 fully saturated rings. The standard InChI is InChI=1S/C12H21N3O/c1-2-3-7-16-8-6-15-10-4-5-11(13)12(14)9-10/h4-5,9,15H,2-3,6-8,13-14H2,1H3. The van der Waals surface area contributed by atoms with E-state index in [-0.39, 0.29) is 0 Å². The van der Waals surface area contributed by atoms with Crippen molar-refractivity contribution in [1.29, 1.82) is 0 Å². The first kappa shape index (κ1) is 12.6. The lowest BCUT2D eigenvalue weighted by Gasteiger charge is -2.08. The van der Waals surface area contributed by atoms with Gasteiger partial charge >= 0.3 is 0 Å². The highest BCUT2D eigenvalue weighted by Gasteiger charge is 1.96. The Morgan fingerprint density at radius 2 is 2.00 bits per heavy atom. The summed E-state index contributed by atoms with van der Waals surface area (Å²) in [5.41, 5.74) is 13.5. The van der Waals surface area contributed by atoms with Crippen LogP contribution >= 0.6 is 0 Å². The first-order chi connectivity index (χ1) is 7.74. The molecule has 1 aromatic carbocycles. The molecule has 0 spiro atoms. The fourth-order valence-electron chi connectivity index (χ4n) is 1.30. The van der Waals surface area contributed by atoms with E-state index in [1.54, 1.807) is 6.07 Å². The SMILES string of the molecule is CCCCOCCNc1ccc(N)c(N)c1. The number of nitrogens with one attached hydrogen (secondary N) is 1. The molecule has 4 heteroatoms. The maximum absolute atomic E-state index is 5.69. The molecule has 0 amide bonds. The lowest BCUT2D eigenvalue weighted by molar-refractivity contribution is 0.141. The van der Waals surface area contributed by atoms with Crippen molar-refractivity contribution in [2.75, 3.05) is 36.5 Å². The van der Waals surface area contributed by atoms with Gasteiger partial charge in [0.15, 0.2) is 0 Å². The predicted octanol–water partition coefficient (Wildman–Crippen LogP) is 2.08. The van der Waals surface area contributed by atoms with E-state index in [0.29, 0.717) is 18.0 Å². The molecule has 0 saturated heterocycles. The normalized spacial score (nSPS) is 10.3. The molecule has 0 aromatic heterocycles. The van der Waals surface area contributed by atoms with E-state index in [2.05, 4.69) is 12.2 Å². The van der Waals surface area contributed by atoms with E-state index in [9.17, 15) is 0 Å². The summed E-state index contributed by atoms with van der Waals surface area (Å²) in [7, 11) is 0. The van der Waals surface area contributed by atoms with Crippen molar-refractivity contribution < 1.29 is 4.74 Å². The highest BCUT2D eigenvalue weighted by Crippen LogP contribution is 2.19. The van der Waals surface area contributed by atoms with Crippen LogP contribution in [-0.4, -0.2) is 19.8 Å². The maximum Gasteiger partial charge on any atom is 0.0639 e. The molecule has 16 heavy (non-hydrogen) atoms. The second-order valence-corrected chi connectivity index (χ2v) is 3.74. The Hall–Kier alpha value is -1.42. The Balaban J connectivity index is 2.19. The number of nitrogen functional groups attached to an aromatic ring is 2. The number of anilines is 3. The smallest absolute Gasteiger partial charge is 0.0639 e. The van der Waals surface area contributed by atoms with Crippen molar-refractivity contribution in [3.8, 4) is 0 Å². The van der Waals surface area contributed by atoms with Crippen LogP contribution in [0.1, 0.15) is 19.8 Å². The van der Waals surface area contributed by atoms with Crippen LogP contribution in [0.3, 0.4) is 0 Å². The Morgan fingerprint density at radius 1 is 1.19 bits per heavy atom. The number of hydrogen-bond donors (Lipinski definition) is 3. The predicted molar refractivity (Wildman–Crippen MR) is 69.5 cm³/mol. The minimum atomic E-state index is 0.608. The summed E-state index contributed by atoms with van der Waals surface area (Å²) >= 11 is 0. The molecule has 0 bridgehead atoms. The van der Waals surface area contributed by atoms with Crippen molar-refractivity contribution in [3.05, 3.63) is 18.2 Å². The molecule has 5 N–H and O–H groups in total. The largest absolute Gasteiger partial charge is 0.397 e. The van der Waals surface area contributed by atoms with E-state index in [1.807, 2.05) is 12.1 Å². The summed E-state index contributed by atoms with van der Waals surface area (Å²) in [6.07, 6.45) is 2.29. The van der Waals surface area contributed by atoms with Gasteiger partial charge in [-0.1, -0.05) is 13.3 Å². The Morgan fingerprint density at radius 3 is 2.69 bits per heavy atom. The van der Waals surface area contributed by atoms with Gasteiger partial charge in [0.2, 0.25) is 0 Å². The molecule has 4 nitrogen and oxygen atoms in total. The van der Waals surface area contributed by atoms with E-state index >= 15 is 0 Å². The number of benzene rings is 1. The van der Waals surface area contributed by atoms with Crippen LogP contribution in [0.25, 0.3) is 0 Å². The zero-order valence-electron chi connectivity index (χ0n) is 9.83. The van der Waals surface area contributed by atoms with Gasteiger partial charge in [-0.2, -0.15) is 0 Å². The van der Waals surface area contributed by atoms with Gasteiger partial charge < -0.3 is 21.5 Å². The van der Waals surface area contributed by atoms with Gasteiger partial charge in [0, 0.05) is 18.8 Å². The third-order valence-corrected chi connectivity index (χ3v) is 2.30. The second kappa shape index (κ2) is 6.95. The Bertz CT molecular complexity index is 315. The zero-order valence-corrected chi connectivity index (χ0v) is 9.83. The number of hydrogen-bond acceptors (Lipinski definition) is 4. The molecular weight excluding hydrogens is 202 g/mol. The molecule has 0 aliphatic carbocycles. The van der Waals surface area contributed by atoms with E-state index < -0.39 is 0 Å². The number of nitrogens with two attached hydrogens (primary N) is 2. The molecule has 0 atom stereocenters. The highest BCUT2D eigenvalue weighted by molar-refractivity contribution is 5.69. The van der Waals surface area contributed by atoms with E-state index in [4.69, 9.17) is 16.2 Å². The van der Waals surface area contributed by atoms with Crippen LogP contribution in [0.5, 0.6) is 0 Å². The summed E-state index contributed by atoms with van der Waals surface area (Å²) in [6, 6.07) is 5.55. The Kier molecular flexibility index (Phi) is 5.50. The van der Waals surface area contributed by atoms with Crippen molar-refractivity contribution in [1.82, 2.24) is 0 Å². The van der Waals surface area contributed by atoms with Crippen LogP contribution in [0.4, 0.5) is 17.1 Å². The van der Waals surface area contributed by atoms with Gasteiger partial charge in [-0.3, -0.25) is 0 Å². The molecule has 90 valence electrons. The van der Waals surface area contributed by atoms with Crippen molar-refractivity contribution >= 4 is 17.1 Å². The monoisotopic (exact) mass is 223 g/mol. The molecule has 0 aliphatic rings. The van der Waals surface area contributed by atoms with E-state index in [0.717, 1.165) is 25.3 Å². The number of ether oxygens (including phenoxy) is 1. The third kappa shape index (κ3) is 4.40. The van der Waals surface area contributed by atoms with Gasteiger partial charge in [-0.15, -0.1) is 0 Å².